The van der Waals surface area contributed by atoms with Crippen LogP contribution in [0.4, 0.5) is 0 Å². The van der Waals surface area contributed by atoms with Gasteiger partial charge in [-0.1, -0.05) is 58.4 Å². The number of alkyl halides is 1. The number of allylic oxidation sites excluding steroid dienone is 4. The van der Waals surface area contributed by atoms with Crippen LogP contribution in [0.5, 0.6) is 11.5 Å². The van der Waals surface area contributed by atoms with Crippen LogP contribution in [-0.4, -0.2) is 24.0 Å². The number of hydrogen-bond acceptors (Lipinski definition) is 3. The fraction of sp³-hybridized carbons (Fsp3) is 0.138. The van der Waals surface area contributed by atoms with Gasteiger partial charge in [0.15, 0.2) is 0 Å². The number of nitrogens with zero attached hydrogens (tertiary/aromatic N) is 1. The molecule has 1 aliphatic rings. The van der Waals surface area contributed by atoms with E-state index in [0.29, 0.717) is 4.83 Å². The maximum Gasteiger partial charge on any atom is 0.119 e. The maximum atomic E-state index is 5.46. The number of pyridine rings is 1. The predicted molar refractivity (Wildman–Crippen MR) is 142 cm³/mol. The van der Waals surface area contributed by atoms with Crippen LogP contribution < -0.4 is 9.47 Å². The lowest BCUT2D eigenvalue weighted by Gasteiger charge is -2.19. The molecular formula is C29H22BrNO2. The molecule has 0 bridgehead atoms. The van der Waals surface area contributed by atoms with Gasteiger partial charge < -0.3 is 9.47 Å². The smallest absolute Gasteiger partial charge is 0.119 e. The molecule has 0 fully saturated rings. The van der Waals surface area contributed by atoms with Crippen molar-refractivity contribution >= 4 is 64.9 Å². The van der Waals surface area contributed by atoms with Crippen LogP contribution in [0, 0.1) is 0 Å². The highest BCUT2D eigenvalue weighted by molar-refractivity contribution is 9.09. The number of rotatable bonds is 3. The fourth-order valence-electron chi connectivity index (χ4n) is 4.91. The number of halogens is 1. The summed E-state index contributed by atoms with van der Waals surface area (Å²) in [7, 11) is 3.40. The summed E-state index contributed by atoms with van der Waals surface area (Å²) in [6, 6.07) is 21.2. The SMILES string of the molecule is COc1ccc2c(ccc3c(C4=CC=CC(Br)C4)c4ccc5cc(OC)ccc5c4nc32)c1. The third kappa shape index (κ3) is 3.28. The number of methoxy groups -OCH3 is 2. The van der Waals surface area contributed by atoms with Crippen molar-refractivity contribution in [3.8, 4) is 11.5 Å². The third-order valence-corrected chi connectivity index (χ3v) is 7.14. The van der Waals surface area contributed by atoms with Crippen molar-refractivity contribution < 1.29 is 9.47 Å². The van der Waals surface area contributed by atoms with E-state index in [1.165, 1.54) is 21.9 Å². The molecule has 0 saturated carbocycles. The average Bonchev–Trinajstić information content (AvgIpc) is 2.86. The Morgan fingerprint density at radius 2 is 1.30 bits per heavy atom. The van der Waals surface area contributed by atoms with E-state index in [2.05, 4.69) is 82.7 Å². The molecule has 33 heavy (non-hydrogen) atoms. The third-order valence-electron chi connectivity index (χ3n) is 6.51. The maximum absolute atomic E-state index is 5.46. The monoisotopic (exact) mass is 495 g/mol. The molecule has 1 heterocycles. The molecule has 0 radical (unpaired) electrons. The summed E-state index contributed by atoms with van der Waals surface area (Å²) in [6.07, 6.45) is 7.51. The van der Waals surface area contributed by atoms with E-state index in [4.69, 9.17) is 14.5 Å². The number of benzene rings is 4. The minimum Gasteiger partial charge on any atom is -0.497 e. The fourth-order valence-corrected chi connectivity index (χ4v) is 5.43. The average molecular weight is 496 g/mol. The summed E-state index contributed by atoms with van der Waals surface area (Å²) >= 11 is 3.79. The van der Waals surface area contributed by atoms with Crippen molar-refractivity contribution in [1.82, 2.24) is 4.98 Å². The van der Waals surface area contributed by atoms with Gasteiger partial charge in [0.05, 0.1) is 25.3 Å². The Bertz CT molecular complexity index is 1530. The van der Waals surface area contributed by atoms with Gasteiger partial charge in [0.1, 0.15) is 11.5 Å². The summed E-state index contributed by atoms with van der Waals surface area (Å²) in [5.41, 5.74) is 4.61. The Morgan fingerprint density at radius 1 is 0.758 bits per heavy atom. The van der Waals surface area contributed by atoms with Crippen LogP contribution in [-0.2, 0) is 0 Å². The van der Waals surface area contributed by atoms with Crippen molar-refractivity contribution in [3.05, 3.63) is 84.5 Å². The van der Waals surface area contributed by atoms with Crippen molar-refractivity contribution in [2.45, 2.75) is 11.2 Å². The van der Waals surface area contributed by atoms with Crippen molar-refractivity contribution in [2.24, 2.45) is 0 Å². The summed E-state index contributed by atoms with van der Waals surface area (Å²) in [6.45, 7) is 0. The Hall–Kier alpha value is -3.37. The quantitative estimate of drug-likeness (QED) is 0.145. The lowest BCUT2D eigenvalue weighted by molar-refractivity contribution is 0.415. The van der Waals surface area contributed by atoms with Gasteiger partial charge in [-0.2, -0.15) is 0 Å². The van der Waals surface area contributed by atoms with E-state index < -0.39 is 0 Å². The Balaban J connectivity index is 1.78. The van der Waals surface area contributed by atoms with Gasteiger partial charge in [0.2, 0.25) is 0 Å². The first-order chi connectivity index (χ1) is 16.2. The van der Waals surface area contributed by atoms with Crippen molar-refractivity contribution in [2.75, 3.05) is 14.2 Å². The zero-order valence-corrected chi connectivity index (χ0v) is 20.0. The van der Waals surface area contributed by atoms with Crippen LogP contribution >= 0.6 is 15.9 Å². The van der Waals surface area contributed by atoms with E-state index in [1.807, 2.05) is 12.1 Å². The first-order valence-electron chi connectivity index (χ1n) is 11.0. The minimum atomic E-state index is 0.324. The molecule has 1 atom stereocenters. The molecule has 162 valence electrons. The molecule has 1 aliphatic carbocycles. The van der Waals surface area contributed by atoms with Gasteiger partial charge in [-0.25, -0.2) is 4.98 Å². The molecular weight excluding hydrogens is 474 g/mol. The summed E-state index contributed by atoms with van der Waals surface area (Å²) in [5.74, 6) is 1.70. The number of hydrogen-bond donors (Lipinski definition) is 0. The highest BCUT2D eigenvalue weighted by Crippen LogP contribution is 2.41. The summed E-state index contributed by atoms with van der Waals surface area (Å²) < 4.78 is 10.9. The van der Waals surface area contributed by atoms with E-state index in [0.717, 1.165) is 50.5 Å². The van der Waals surface area contributed by atoms with Gasteiger partial charge >= 0.3 is 0 Å². The summed E-state index contributed by atoms with van der Waals surface area (Å²) in [5, 5.41) is 6.85. The lowest BCUT2D eigenvalue weighted by Crippen LogP contribution is -2.02. The van der Waals surface area contributed by atoms with Crippen molar-refractivity contribution in [3.63, 3.8) is 0 Å². The molecule has 0 N–H and O–H groups in total. The molecule has 0 saturated heterocycles. The molecule has 1 aromatic heterocycles. The normalized spacial score (nSPS) is 16.0. The number of fused-ring (bicyclic) bond motifs is 6. The summed E-state index contributed by atoms with van der Waals surface area (Å²) in [4.78, 5) is 5.61. The molecule has 5 aromatic rings. The molecule has 0 amide bonds. The molecule has 1 unspecified atom stereocenters. The second-order valence-corrected chi connectivity index (χ2v) is 9.56. The van der Waals surface area contributed by atoms with Crippen LogP contribution in [0.2, 0.25) is 0 Å². The zero-order valence-electron chi connectivity index (χ0n) is 18.4. The Labute approximate surface area is 200 Å². The highest BCUT2D eigenvalue weighted by Gasteiger charge is 2.19. The van der Waals surface area contributed by atoms with E-state index in [-0.39, 0.29) is 0 Å². The second-order valence-electron chi connectivity index (χ2n) is 8.38. The minimum absolute atomic E-state index is 0.324. The number of aromatic nitrogens is 1. The number of ether oxygens (including phenoxy) is 2. The van der Waals surface area contributed by atoms with Crippen LogP contribution in [0.3, 0.4) is 0 Å². The largest absolute Gasteiger partial charge is 0.497 e. The zero-order chi connectivity index (χ0) is 22.5. The van der Waals surface area contributed by atoms with Gasteiger partial charge in [0.25, 0.3) is 0 Å². The molecule has 3 nitrogen and oxygen atoms in total. The van der Waals surface area contributed by atoms with Crippen molar-refractivity contribution in [1.29, 1.82) is 0 Å². The van der Waals surface area contributed by atoms with Gasteiger partial charge in [-0.15, -0.1) is 0 Å². The molecule has 0 spiro atoms. The van der Waals surface area contributed by atoms with Crippen LogP contribution in [0.25, 0.3) is 48.9 Å². The Kier molecular flexibility index (Phi) is 4.84. The molecule has 6 rings (SSSR count). The molecule has 4 heteroatoms. The molecule has 4 aromatic carbocycles. The standard InChI is InChI=1S/C29H22BrNO2/c1-32-21-8-12-23-17(15-21)6-10-25-27(19-4-3-5-20(30)14-19)26-11-7-18-16-22(33-2)9-13-24(18)29(26)31-28(23)25/h3-13,15-16,20H,14H2,1-2H3. The van der Waals surface area contributed by atoms with E-state index >= 15 is 0 Å². The van der Waals surface area contributed by atoms with E-state index in [9.17, 15) is 0 Å². The lowest BCUT2D eigenvalue weighted by atomic mass is 9.89. The van der Waals surface area contributed by atoms with E-state index in [1.54, 1.807) is 14.2 Å². The Morgan fingerprint density at radius 3 is 1.82 bits per heavy atom. The second kappa shape index (κ2) is 7.89. The molecule has 0 aliphatic heterocycles. The predicted octanol–water partition coefficient (Wildman–Crippen LogP) is 7.82. The topological polar surface area (TPSA) is 31.4 Å². The first-order valence-corrected chi connectivity index (χ1v) is 11.9. The van der Waals surface area contributed by atoms with Crippen LogP contribution in [0.1, 0.15) is 12.0 Å². The van der Waals surface area contributed by atoms with Crippen LogP contribution in [0.15, 0.2) is 78.9 Å². The first kappa shape index (κ1) is 20.3. The highest BCUT2D eigenvalue weighted by atomic mass is 79.9. The van der Waals surface area contributed by atoms with Gasteiger partial charge in [-0.05, 0) is 64.7 Å². The van der Waals surface area contributed by atoms with Gasteiger partial charge in [-0.3, -0.25) is 0 Å². The van der Waals surface area contributed by atoms with Gasteiger partial charge in [0, 0.05) is 26.4 Å².